The lowest BCUT2D eigenvalue weighted by molar-refractivity contribution is -0.132. The number of nitrogens with zero attached hydrogens (tertiary/aromatic N) is 5. The summed E-state index contributed by atoms with van der Waals surface area (Å²) in [6.45, 7) is 5.68. The van der Waals surface area contributed by atoms with Crippen molar-refractivity contribution in [3.8, 4) is 11.3 Å². The normalized spacial score (nSPS) is 17.6. The van der Waals surface area contributed by atoms with Crippen LogP contribution in [0.5, 0.6) is 0 Å². The lowest BCUT2D eigenvalue weighted by atomic mass is 10.1. The molecule has 8 nitrogen and oxygen atoms in total. The van der Waals surface area contributed by atoms with E-state index in [2.05, 4.69) is 15.1 Å². The monoisotopic (exact) mass is 499 g/mol. The summed E-state index contributed by atoms with van der Waals surface area (Å²) in [5.74, 6) is 0.640. The molecule has 0 spiro atoms. The topological polar surface area (TPSA) is 78.9 Å². The molecule has 2 fully saturated rings. The number of piperazine rings is 1. The second-order valence-corrected chi connectivity index (χ2v) is 9.70. The van der Waals surface area contributed by atoms with Gasteiger partial charge < -0.3 is 19.4 Å². The summed E-state index contributed by atoms with van der Waals surface area (Å²) in [5.41, 5.74) is 3.56. The summed E-state index contributed by atoms with van der Waals surface area (Å²) in [5, 5.41) is 8.81. The first-order valence-electron chi connectivity index (χ1n) is 13.0. The van der Waals surface area contributed by atoms with Crippen LogP contribution in [0.4, 0.5) is 5.82 Å². The van der Waals surface area contributed by atoms with Crippen molar-refractivity contribution in [2.75, 3.05) is 50.8 Å². The number of carbonyl (C=O) groups is 2. The zero-order valence-corrected chi connectivity index (χ0v) is 21.3. The number of aromatic nitrogens is 2. The van der Waals surface area contributed by atoms with Gasteiger partial charge in [-0.1, -0.05) is 48.0 Å². The molecule has 2 aliphatic heterocycles. The number of anilines is 1. The zero-order valence-electron chi connectivity index (χ0n) is 21.3. The molecule has 192 valence electrons. The molecular weight excluding hydrogens is 466 g/mol. The standard InChI is InChI=1S/C29H33N5O3/c1-22-9-11-24(12-10-22)29(36)34(20-25-8-5-19-37-25)21-28(35)33-17-15-32(16-18-33)27-14-13-26(30-31-27)23-6-3-2-4-7-23/h2-4,6-7,9-14,25H,5,8,15-21H2,1H3. The van der Waals surface area contributed by atoms with Gasteiger partial charge in [0.25, 0.3) is 5.91 Å². The fourth-order valence-electron chi connectivity index (χ4n) is 4.84. The zero-order chi connectivity index (χ0) is 25.6. The fourth-order valence-corrected chi connectivity index (χ4v) is 4.84. The van der Waals surface area contributed by atoms with Crippen molar-refractivity contribution < 1.29 is 14.3 Å². The van der Waals surface area contributed by atoms with Crippen LogP contribution in [-0.4, -0.2) is 83.8 Å². The molecule has 8 heteroatoms. The second kappa shape index (κ2) is 11.5. The lowest BCUT2D eigenvalue weighted by Crippen LogP contribution is -2.52. The van der Waals surface area contributed by atoms with Crippen molar-refractivity contribution in [3.05, 3.63) is 77.9 Å². The molecule has 3 aromatic rings. The molecule has 2 aliphatic rings. The van der Waals surface area contributed by atoms with Crippen molar-refractivity contribution in [2.24, 2.45) is 0 Å². The summed E-state index contributed by atoms with van der Waals surface area (Å²) in [7, 11) is 0. The fraction of sp³-hybridized carbons (Fsp3) is 0.379. The van der Waals surface area contributed by atoms with E-state index in [0.29, 0.717) is 44.9 Å². The van der Waals surface area contributed by atoms with Crippen LogP contribution in [0.3, 0.4) is 0 Å². The number of hydrogen-bond acceptors (Lipinski definition) is 6. The Morgan fingerprint density at radius 3 is 2.35 bits per heavy atom. The van der Waals surface area contributed by atoms with Gasteiger partial charge >= 0.3 is 0 Å². The Morgan fingerprint density at radius 2 is 1.70 bits per heavy atom. The van der Waals surface area contributed by atoms with E-state index >= 15 is 0 Å². The van der Waals surface area contributed by atoms with E-state index < -0.39 is 0 Å². The first kappa shape index (κ1) is 24.9. The summed E-state index contributed by atoms with van der Waals surface area (Å²) >= 11 is 0. The molecule has 2 aromatic carbocycles. The van der Waals surface area contributed by atoms with Gasteiger partial charge in [0.1, 0.15) is 6.54 Å². The van der Waals surface area contributed by atoms with Crippen LogP contribution in [-0.2, 0) is 9.53 Å². The van der Waals surface area contributed by atoms with E-state index in [1.54, 1.807) is 4.90 Å². The number of rotatable bonds is 7. The third kappa shape index (κ3) is 6.14. The van der Waals surface area contributed by atoms with E-state index in [1.807, 2.05) is 78.6 Å². The largest absolute Gasteiger partial charge is 0.376 e. The Labute approximate surface area is 217 Å². The highest BCUT2D eigenvalue weighted by atomic mass is 16.5. The maximum absolute atomic E-state index is 13.3. The van der Waals surface area contributed by atoms with Crippen molar-refractivity contribution in [1.82, 2.24) is 20.0 Å². The Hall–Kier alpha value is -3.78. The lowest BCUT2D eigenvalue weighted by Gasteiger charge is -2.36. The van der Waals surface area contributed by atoms with Crippen molar-refractivity contribution in [2.45, 2.75) is 25.9 Å². The highest BCUT2D eigenvalue weighted by molar-refractivity contribution is 5.96. The van der Waals surface area contributed by atoms with Crippen LogP contribution in [0.2, 0.25) is 0 Å². The van der Waals surface area contributed by atoms with E-state index in [1.165, 1.54) is 0 Å². The highest BCUT2D eigenvalue weighted by Gasteiger charge is 2.28. The van der Waals surface area contributed by atoms with Gasteiger partial charge in [-0.25, -0.2) is 0 Å². The predicted octanol–water partition coefficient (Wildman–Crippen LogP) is 3.42. The Balaban J connectivity index is 1.19. The van der Waals surface area contributed by atoms with Crippen LogP contribution in [0.15, 0.2) is 66.7 Å². The Morgan fingerprint density at radius 1 is 0.946 bits per heavy atom. The van der Waals surface area contributed by atoms with E-state index in [4.69, 9.17) is 4.74 Å². The minimum Gasteiger partial charge on any atom is -0.376 e. The van der Waals surface area contributed by atoms with Gasteiger partial charge in [0.05, 0.1) is 11.8 Å². The number of aryl methyl sites for hydroxylation is 1. The molecule has 2 amide bonds. The number of carbonyl (C=O) groups excluding carboxylic acids is 2. The Bertz CT molecular complexity index is 1190. The number of ether oxygens (including phenoxy) is 1. The van der Waals surface area contributed by atoms with Gasteiger partial charge in [-0.15, -0.1) is 10.2 Å². The van der Waals surface area contributed by atoms with Crippen LogP contribution >= 0.6 is 0 Å². The molecule has 0 bridgehead atoms. The van der Waals surface area contributed by atoms with Crippen molar-refractivity contribution in [1.29, 1.82) is 0 Å². The molecule has 0 aliphatic carbocycles. The number of benzene rings is 2. The van der Waals surface area contributed by atoms with Crippen LogP contribution in [0.1, 0.15) is 28.8 Å². The average molecular weight is 500 g/mol. The second-order valence-electron chi connectivity index (χ2n) is 9.70. The molecule has 0 radical (unpaired) electrons. The summed E-state index contributed by atoms with van der Waals surface area (Å²) in [6.07, 6.45) is 1.88. The molecule has 0 N–H and O–H groups in total. The smallest absolute Gasteiger partial charge is 0.254 e. The number of amides is 2. The quantitative estimate of drug-likeness (QED) is 0.496. The maximum Gasteiger partial charge on any atom is 0.254 e. The first-order chi connectivity index (χ1) is 18.1. The molecular formula is C29H33N5O3. The van der Waals surface area contributed by atoms with Gasteiger partial charge in [-0.3, -0.25) is 9.59 Å². The van der Waals surface area contributed by atoms with Crippen LogP contribution in [0, 0.1) is 6.92 Å². The third-order valence-corrected chi connectivity index (χ3v) is 7.04. The predicted molar refractivity (Wildman–Crippen MR) is 142 cm³/mol. The number of hydrogen-bond donors (Lipinski definition) is 0. The van der Waals surface area contributed by atoms with Crippen LogP contribution < -0.4 is 4.90 Å². The summed E-state index contributed by atoms with van der Waals surface area (Å²) in [6, 6.07) is 21.4. The maximum atomic E-state index is 13.3. The minimum absolute atomic E-state index is 0.0172. The van der Waals surface area contributed by atoms with Crippen LogP contribution in [0.25, 0.3) is 11.3 Å². The highest BCUT2D eigenvalue weighted by Crippen LogP contribution is 2.20. The minimum atomic E-state index is -0.128. The van der Waals surface area contributed by atoms with Gasteiger partial charge in [-0.05, 0) is 44.0 Å². The molecule has 1 aromatic heterocycles. The van der Waals surface area contributed by atoms with Crippen molar-refractivity contribution in [3.63, 3.8) is 0 Å². The SMILES string of the molecule is Cc1ccc(C(=O)N(CC(=O)N2CCN(c3ccc(-c4ccccc4)nn3)CC2)CC2CCCO2)cc1. The van der Waals surface area contributed by atoms with Gasteiger partial charge in [0.2, 0.25) is 5.91 Å². The van der Waals surface area contributed by atoms with Gasteiger partial charge in [0.15, 0.2) is 5.82 Å². The molecule has 1 unspecified atom stereocenters. The molecule has 0 saturated carbocycles. The van der Waals surface area contributed by atoms with Crippen molar-refractivity contribution >= 4 is 17.6 Å². The molecule has 3 heterocycles. The van der Waals surface area contributed by atoms with Gasteiger partial charge in [-0.2, -0.15) is 0 Å². The molecule has 37 heavy (non-hydrogen) atoms. The first-order valence-corrected chi connectivity index (χ1v) is 13.0. The van der Waals surface area contributed by atoms with E-state index in [9.17, 15) is 9.59 Å². The van der Waals surface area contributed by atoms with E-state index in [0.717, 1.165) is 35.5 Å². The average Bonchev–Trinajstić information content (AvgIpc) is 3.47. The third-order valence-electron chi connectivity index (χ3n) is 7.04. The summed E-state index contributed by atoms with van der Waals surface area (Å²) in [4.78, 5) is 32.2. The van der Waals surface area contributed by atoms with Gasteiger partial charge in [0, 0.05) is 50.5 Å². The molecule has 5 rings (SSSR count). The summed E-state index contributed by atoms with van der Waals surface area (Å²) < 4.78 is 5.78. The van der Waals surface area contributed by atoms with E-state index in [-0.39, 0.29) is 24.5 Å². The molecule has 1 atom stereocenters. The molecule has 2 saturated heterocycles. The Kier molecular flexibility index (Phi) is 7.75.